The van der Waals surface area contributed by atoms with Crippen molar-refractivity contribution in [1.29, 1.82) is 0 Å². The molecule has 8 heteroatoms. The summed E-state index contributed by atoms with van der Waals surface area (Å²) in [6.07, 6.45) is 5.23. The van der Waals surface area contributed by atoms with Gasteiger partial charge < -0.3 is 9.47 Å². The van der Waals surface area contributed by atoms with E-state index < -0.39 is 0 Å². The highest BCUT2D eigenvalue weighted by atomic mass is 32.2. The summed E-state index contributed by atoms with van der Waals surface area (Å²) in [5.41, 5.74) is 2.42. The Balaban J connectivity index is 1.62. The van der Waals surface area contributed by atoms with Crippen LogP contribution in [0.5, 0.6) is 5.75 Å². The van der Waals surface area contributed by atoms with Crippen molar-refractivity contribution in [2.24, 2.45) is 0 Å². The zero-order valence-electron chi connectivity index (χ0n) is 14.5. The van der Waals surface area contributed by atoms with Crippen molar-refractivity contribution >= 4 is 11.8 Å². The van der Waals surface area contributed by atoms with Crippen LogP contribution < -0.4 is 4.74 Å². The molecule has 1 aliphatic rings. The minimum Gasteiger partial charge on any atom is -0.467 e. The van der Waals surface area contributed by atoms with Crippen LogP contribution in [0.2, 0.25) is 0 Å². The van der Waals surface area contributed by atoms with Crippen molar-refractivity contribution < 1.29 is 13.9 Å². The molecule has 1 aliphatic heterocycles. The minimum absolute atomic E-state index is 0.176. The molecule has 2 aromatic heterocycles. The van der Waals surface area contributed by atoms with E-state index in [0.717, 1.165) is 27.7 Å². The van der Waals surface area contributed by atoms with E-state index >= 15 is 0 Å². The summed E-state index contributed by atoms with van der Waals surface area (Å²) < 4.78 is 26.7. The van der Waals surface area contributed by atoms with Crippen LogP contribution in [0, 0.1) is 5.82 Å². The first-order valence-electron chi connectivity index (χ1n) is 8.35. The molecule has 4 rings (SSSR count). The fourth-order valence-electron chi connectivity index (χ4n) is 2.91. The van der Waals surface area contributed by atoms with Crippen LogP contribution in [0.4, 0.5) is 4.39 Å². The van der Waals surface area contributed by atoms with Gasteiger partial charge in [0.05, 0.1) is 6.61 Å². The molecular weight excluding hydrogens is 367 g/mol. The maximum atomic E-state index is 13.9. The largest absolute Gasteiger partial charge is 0.467 e. The molecule has 0 amide bonds. The Morgan fingerprint density at radius 2 is 2.11 bits per heavy atom. The zero-order chi connectivity index (χ0) is 18.6. The number of fused-ring (bicyclic) bond motifs is 1. The Morgan fingerprint density at radius 1 is 1.26 bits per heavy atom. The van der Waals surface area contributed by atoms with Gasteiger partial charge in [-0.25, -0.2) is 4.39 Å². The van der Waals surface area contributed by atoms with Gasteiger partial charge in [-0.1, -0.05) is 17.8 Å². The molecule has 6 nitrogen and oxygen atoms in total. The van der Waals surface area contributed by atoms with Crippen molar-refractivity contribution in [2.75, 3.05) is 6.79 Å². The average Bonchev–Trinajstić information content (AvgIpc) is 3.09. The normalized spacial score (nSPS) is 13.1. The molecule has 0 fully saturated rings. The number of thioether (sulfide) groups is 1. The van der Waals surface area contributed by atoms with Crippen LogP contribution in [0.15, 0.2) is 54.5 Å². The second-order valence-corrected chi connectivity index (χ2v) is 6.84. The van der Waals surface area contributed by atoms with Gasteiger partial charge in [0, 0.05) is 41.4 Å². The van der Waals surface area contributed by atoms with Crippen molar-refractivity contribution in [1.82, 2.24) is 19.7 Å². The molecule has 3 aromatic rings. The molecule has 0 saturated carbocycles. The molecule has 0 saturated heterocycles. The first-order valence-corrected chi connectivity index (χ1v) is 9.34. The van der Waals surface area contributed by atoms with Gasteiger partial charge in [0.15, 0.2) is 17.8 Å². The number of aromatic nitrogens is 4. The average molecular weight is 384 g/mol. The fourth-order valence-corrected chi connectivity index (χ4v) is 3.82. The number of halogens is 1. The van der Waals surface area contributed by atoms with E-state index in [1.807, 2.05) is 16.7 Å². The minimum atomic E-state index is -0.302. The molecule has 0 unspecified atom stereocenters. The van der Waals surface area contributed by atoms with Gasteiger partial charge in [0.1, 0.15) is 11.6 Å². The van der Waals surface area contributed by atoms with Crippen molar-refractivity contribution in [3.63, 3.8) is 0 Å². The van der Waals surface area contributed by atoms with Crippen molar-refractivity contribution in [2.45, 2.75) is 24.1 Å². The summed E-state index contributed by atoms with van der Waals surface area (Å²) >= 11 is 1.48. The molecule has 0 N–H and O–H groups in total. The van der Waals surface area contributed by atoms with Crippen LogP contribution in [-0.4, -0.2) is 26.5 Å². The van der Waals surface area contributed by atoms with Crippen molar-refractivity contribution in [3.8, 4) is 17.1 Å². The first-order chi connectivity index (χ1) is 13.3. The van der Waals surface area contributed by atoms with Gasteiger partial charge in [-0.2, -0.15) is 0 Å². The number of ether oxygens (including phenoxy) is 2. The third-order valence-electron chi connectivity index (χ3n) is 4.08. The Hall–Kier alpha value is -2.71. The number of nitrogens with zero attached hydrogens (tertiary/aromatic N) is 4. The number of pyridine rings is 1. The lowest BCUT2D eigenvalue weighted by Crippen LogP contribution is -2.13. The molecule has 0 atom stereocenters. The zero-order valence-corrected chi connectivity index (χ0v) is 15.3. The van der Waals surface area contributed by atoms with E-state index in [-0.39, 0.29) is 12.6 Å². The molecule has 27 heavy (non-hydrogen) atoms. The second-order valence-electron chi connectivity index (χ2n) is 5.89. The summed E-state index contributed by atoms with van der Waals surface area (Å²) in [6, 6.07) is 6.71. The monoisotopic (exact) mass is 384 g/mol. The quantitative estimate of drug-likeness (QED) is 0.476. The van der Waals surface area contributed by atoms with E-state index in [1.165, 1.54) is 23.9 Å². The van der Waals surface area contributed by atoms with E-state index in [1.54, 1.807) is 18.5 Å². The van der Waals surface area contributed by atoms with Gasteiger partial charge in [-0.05, 0) is 24.3 Å². The Morgan fingerprint density at radius 3 is 2.93 bits per heavy atom. The number of allylic oxidation sites excluding steroid dienone is 1. The van der Waals surface area contributed by atoms with Crippen LogP contribution in [0.25, 0.3) is 11.4 Å². The van der Waals surface area contributed by atoms with Crippen LogP contribution in [0.1, 0.15) is 11.1 Å². The Kier molecular flexibility index (Phi) is 5.17. The fraction of sp³-hybridized carbons (Fsp3) is 0.211. The Bertz CT molecular complexity index is 962. The third-order valence-corrected chi connectivity index (χ3v) is 5.09. The lowest BCUT2D eigenvalue weighted by atomic mass is 10.1. The summed E-state index contributed by atoms with van der Waals surface area (Å²) in [7, 11) is 0. The summed E-state index contributed by atoms with van der Waals surface area (Å²) in [5, 5.41) is 9.35. The van der Waals surface area contributed by atoms with Crippen LogP contribution >= 0.6 is 11.8 Å². The topological polar surface area (TPSA) is 62.1 Å². The molecular formula is C19H17FN4O2S. The second kappa shape index (κ2) is 7.89. The van der Waals surface area contributed by atoms with E-state index in [2.05, 4.69) is 21.8 Å². The lowest BCUT2D eigenvalue weighted by molar-refractivity contribution is -0.0171. The number of hydrogen-bond donors (Lipinski definition) is 0. The maximum absolute atomic E-state index is 13.9. The molecule has 0 radical (unpaired) electrons. The molecule has 1 aromatic carbocycles. The summed E-state index contributed by atoms with van der Waals surface area (Å²) in [5.74, 6) is 1.64. The van der Waals surface area contributed by atoms with Crippen molar-refractivity contribution in [3.05, 3.63) is 66.3 Å². The Labute approximate surface area is 160 Å². The van der Waals surface area contributed by atoms with E-state index in [4.69, 9.17) is 9.47 Å². The summed E-state index contributed by atoms with van der Waals surface area (Å²) in [6.45, 7) is 4.91. The molecule has 0 aliphatic carbocycles. The van der Waals surface area contributed by atoms with Gasteiger partial charge in [0.25, 0.3) is 0 Å². The third kappa shape index (κ3) is 3.72. The van der Waals surface area contributed by atoms with Crippen LogP contribution in [0.3, 0.4) is 0 Å². The lowest BCUT2D eigenvalue weighted by Gasteiger charge is -2.20. The highest BCUT2D eigenvalue weighted by molar-refractivity contribution is 7.98. The van der Waals surface area contributed by atoms with Gasteiger partial charge in [0.2, 0.25) is 0 Å². The van der Waals surface area contributed by atoms with Gasteiger partial charge in [-0.3, -0.25) is 9.55 Å². The molecule has 0 spiro atoms. The van der Waals surface area contributed by atoms with Crippen LogP contribution in [-0.2, 0) is 23.6 Å². The number of hydrogen-bond acceptors (Lipinski definition) is 6. The predicted molar refractivity (Wildman–Crippen MR) is 99.7 cm³/mol. The first kappa shape index (κ1) is 17.7. The van der Waals surface area contributed by atoms with E-state index in [0.29, 0.717) is 24.7 Å². The molecule has 0 bridgehead atoms. The SMILES string of the molecule is C=CCn1c(SCc2cc(F)cc3c2OCOC3)nnc1-c1ccncc1. The highest BCUT2D eigenvalue weighted by Gasteiger charge is 2.19. The number of rotatable bonds is 6. The van der Waals surface area contributed by atoms with Gasteiger partial charge >= 0.3 is 0 Å². The standard InChI is InChI=1S/C19H17FN4O2S/c1-2-7-24-18(13-3-5-21-6-4-13)22-23-19(24)27-11-15-9-16(20)8-14-10-25-12-26-17(14)15/h2-6,8-9H,1,7,10-12H2. The molecule has 3 heterocycles. The van der Waals surface area contributed by atoms with E-state index in [9.17, 15) is 4.39 Å². The maximum Gasteiger partial charge on any atom is 0.192 e. The highest BCUT2D eigenvalue weighted by Crippen LogP contribution is 2.34. The predicted octanol–water partition coefficient (Wildman–Crippen LogP) is 3.82. The smallest absolute Gasteiger partial charge is 0.192 e. The summed E-state index contributed by atoms with van der Waals surface area (Å²) in [4.78, 5) is 4.04. The van der Waals surface area contributed by atoms with Gasteiger partial charge in [-0.15, -0.1) is 16.8 Å². The molecule has 138 valence electrons. The number of benzene rings is 1.